The number of carbonyl (C=O) groups is 2. The van der Waals surface area contributed by atoms with E-state index in [-0.39, 0.29) is 23.3 Å². The predicted molar refractivity (Wildman–Crippen MR) is 96.9 cm³/mol. The van der Waals surface area contributed by atoms with Crippen LogP contribution in [0.2, 0.25) is 0 Å². The minimum absolute atomic E-state index is 0.0973. The quantitative estimate of drug-likeness (QED) is 0.851. The van der Waals surface area contributed by atoms with Crippen LogP contribution < -0.4 is 10.6 Å². The minimum atomic E-state index is -0.110. The van der Waals surface area contributed by atoms with Crippen LogP contribution in [0.4, 0.5) is 11.4 Å². The molecule has 0 heterocycles. The van der Waals surface area contributed by atoms with Gasteiger partial charge in [0.25, 0.3) is 0 Å². The molecule has 2 rings (SSSR count). The summed E-state index contributed by atoms with van der Waals surface area (Å²) in [4.78, 5) is 23.8. The number of rotatable bonds is 6. The highest BCUT2D eigenvalue weighted by atomic mass is 32.2. The number of hydrogen-bond donors (Lipinski definition) is 2. The van der Waals surface area contributed by atoms with Gasteiger partial charge in [0.1, 0.15) is 0 Å². The van der Waals surface area contributed by atoms with Crippen molar-refractivity contribution in [1.82, 2.24) is 0 Å². The summed E-state index contributed by atoms with van der Waals surface area (Å²) in [6.07, 6.45) is 0. The van der Waals surface area contributed by atoms with Crippen LogP contribution in [0.15, 0.2) is 48.5 Å². The highest BCUT2D eigenvalue weighted by Crippen LogP contribution is 2.19. The van der Waals surface area contributed by atoms with Crippen molar-refractivity contribution in [2.75, 3.05) is 22.1 Å². The summed E-state index contributed by atoms with van der Waals surface area (Å²) in [5.41, 5.74) is 3.68. The van der Waals surface area contributed by atoms with Gasteiger partial charge < -0.3 is 10.6 Å². The summed E-state index contributed by atoms with van der Waals surface area (Å²) in [5.74, 6) is 0.284. The zero-order valence-corrected chi connectivity index (χ0v) is 14.1. The van der Waals surface area contributed by atoms with Gasteiger partial charge in [-0.3, -0.25) is 9.59 Å². The van der Waals surface area contributed by atoms with Gasteiger partial charge in [-0.2, -0.15) is 0 Å². The summed E-state index contributed by atoms with van der Waals surface area (Å²) in [5, 5.41) is 5.70. The molecule has 2 amide bonds. The largest absolute Gasteiger partial charge is 0.325 e. The monoisotopic (exact) mass is 328 g/mol. The first kappa shape index (κ1) is 17.1. The second-order valence-corrected chi connectivity index (χ2v) is 6.21. The number of carbonyl (C=O) groups excluding carboxylic acids is 2. The average Bonchev–Trinajstić information content (AvgIpc) is 2.52. The normalized spacial score (nSPS) is 10.2. The highest BCUT2D eigenvalue weighted by Gasteiger charge is 2.09. The van der Waals surface area contributed by atoms with Gasteiger partial charge in [-0.1, -0.05) is 36.4 Å². The Kier molecular flexibility index (Phi) is 6.23. The lowest BCUT2D eigenvalue weighted by Crippen LogP contribution is -2.19. The molecule has 0 saturated carbocycles. The van der Waals surface area contributed by atoms with Crippen LogP contribution in [0.5, 0.6) is 0 Å². The molecule has 2 N–H and O–H groups in total. The number of anilines is 2. The lowest BCUT2D eigenvalue weighted by atomic mass is 10.1. The molecule has 0 aliphatic rings. The fourth-order valence-electron chi connectivity index (χ4n) is 2.14. The molecule has 0 fully saturated rings. The average molecular weight is 328 g/mol. The standard InChI is InChI=1S/C18H20N2O2S/c1-13-7-6-8-14(2)18(13)20-17(22)12-23-11-16(21)19-15-9-4-3-5-10-15/h3-10H,11-12H2,1-2H3,(H,19,21)(H,20,22). The van der Waals surface area contributed by atoms with Gasteiger partial charge in [0.15, 0.2) is 0 Å². The molecule has 0 radical (unpaired) electrons. The first-order chi connectivity index (χ1) is 11.1. The Bertz CT molecular complexity index is 666. The Labute approximate surface area is 140 Å². The van der Waals surface area contributed by atoms with Gasteiger partial charge in [0.05, 0.1) is 11.5 Å². The van der Waals surface area contributed by atoms with Crippen molar-refractivity contribution in [3.8, 4) is 0 Å². The van der Waals surface area contributed by atoms with E-state index in [4.69, 9.17) is 0 Å². The van der Waals surface area contributed by atoms with Crippen LogP contribution in [0.25, 0.3) is 0 Å². The molecule has 0 atom stereocenters. The van der Waals surface area contributed by atoms with E-state index in [0.717, 1.165) is 22.5 Å². The Morgan fingerprint density at radius 2 is 1.39 bits per heavy atom. The first-order valence-electron chi connectivity index (χ1n) is 7.35. The molecule has 0 spiro atoms. The number of amides is 2. The lowest BCUT2D eigenvalue weighted by molar-refractivity contribution is -0.114. The predicted octanol–water partition coefficient (Wildman–Crippen LogP) is 3.61. The van der Waals surface area contributed by atoms with E-state index in [1.807, 2.05) is 62.4 Å². The van der Waals surface area contributed by atoms with E-state index < -0.39 is 0 Å². The number of para-hydroxylation sites is 2. The summed E-state index contributed by atoms with van der Waals surface area (Å²) < 4.78 is 0. The fraction of sp³-hybridized carbons (Fsp3) is 0.222. The topological polar surface area (TPSA) is 58.2 Å². The zero-order chi connectivity index (χ0) is 16.7. The van der Waals surface area contributed by atoms with E-state index in [2.05, 4.69) is 10.6 Å². The molecule has 2 aromatic carbocycles. The first-order valence-corrected chi connectivity index (χ1v) is 8.50. The SMILES string of the molecule is Cc1cccc(C)c1NC(=O)CSCC(=O)Nc1ccccc1. The van der Waals surface area contributed by atoms with Crippen LogP contribution >= 0.6 is 11.8 Å². The minimum Gasteiger partial charge on any atom is -0.325 e. The highest BCUT2D eigenvalue weighted by molar-refractivity contribution is 8.00. The molecule has 0 aliphatic carbocycles. The molecule has 23 heavy (non-hydrogen) atoms. The third kappa shape index (κ3) is 5.45. The second kappa shape index (κ2) is 8.39. The molecule has 0 unspecified atom stereocenters. The van der Waals surface area contributed by atoms with E-state index in [9.17, 15) is 9.59 Å². The van der Waals surface area contributed by atoms with Crippen LogP contribution in [0.1, 0.15) is 11.1 Å². The summed E-state index contributed by atoms with van der Waals surface area (Å²) in [6.45, 7) is 3.92. The lowest BCUT2D eigenvalue weighted by Gasteiger charge is -2.11. The smallest absolute Gasteiger partial charge is 0.234 e. The van der Waals surface area contributed by atoms with Crippen molar-refractivity contribution in [3.63, 3.8) is 0 Å². The number of benzene rings is 2. The molecule has 0 bridgehead atoms. The van der Waals surface area contributed by atoms with E-state index in [0.29, 0.717) is 0 Å². The Morgan fingerprint density at radius 1 is 0.826 bits per heavy atom. The maximum absolute atomic E-state index is 12.0. The number of thioether (sulfide) groups is 1. The second-order valence-electron chi connectivity index (χ2n) is 5.22. The van der Waals surface area contributed by atoms with Crippen LogP contribution in [0, 0.1) is 13.8 Å². The Morgan fingerprint density at radius 3 is 2.00 bits per heavy atom. The van der Waals surface area contributed by atoms with Crippen LogP contribution in [-0.4, -0.2) is 23.3 Å². The summed E-state index contributed by atoms with van der Waals surface area (Å²) in [6, 6.07) is 15.2. The zero-order valence-electron chi connectivity index (χ0n) is 13.3. The van der Waals surface area contributed by atoms with Crippen LogP contribution in [-0.2, 0) is 9.59 Å². The Hall–Kier alpha value is -2.27. The summed E-state index contributed by atoms with van der Waals surface area (Å²) in [7, 11) is 0. The summed E-state index contributed by atoms with van der Waals surface area (Å²) >= 11 is 1.30. The maximum atomic E-state index is 12.0. The molecule has 2 aromatic rings. The number of nitrogens with one attached hydrogen (secondary N) is 2. The molecule has 0 aliphatic heterocycles. The van der Waals surface area contributed by atoms with E-state index in [1.165, 1.54) is 11.8 Å². The molecule has 4 nitrogen and oxygen atoms in total. The van der Waals surface area contributed by atoms with Crippen molar-refractivity contribution in [3.05, 3.63) is 59.7 Å². The van der Waals surface area contributed by atoms with Gasteiger partial charge in [-0.15, -0.1) is 11.8 Å². The van der Waals surface area contributed by atoms with Crippen molar-refractivity contribution >= 4 is 35.0 Å². The maximum Gasteiger partial charge on any atom is 0.234 e. The molecular weight excluding hydrogens is 308 g/mol. The van der Waals surface area contributed by atoms with Crippen molar-refractivity contribution in [2.45, 2.75) is 13.8 Å². The number of aryl methyl sites for hydroxylation is 2. The van der Waals surface area contributed by atoms with Gasteiger partial charge in [-0.05, 0) is 37.1 Å². The number of hydrogen-bond acceptors (Lipinski definition) is 3. The fourth-order valence-corrected chi connectivity index (χ4v) is 2.76. The molecule has 0 aromatic heterocycles. The van der Waals surface area contributed by atoms with Crippen molar-refractivity contribution in [2.24, 2.45) is 0 Å². The Balaban J connectivity index is 1.76. The van der Waals surface area contributed by atoms with E-state index >= 15 is 0 Å². The molecule has 120 valence electrons. The third-order valence-corrected chi connectivity index (χ3v) is 4.20. The molecule has 5 heteroatoms. The van der Waals surface area contributed by atoms with Gasteiger partial charge >= 0.3 is 0 Å². The van der Waals surface area contributed by atoms with Gasteiger partial charge in [0.2, 0.25) is 11.8 Å². The molecule has 0 saturated heterocycles. The third-order valence-electron chi connectivity index (χ3n) is 3.27. The van der Waals surface area contributed by atoms with E-state index in [1.54, 1.807) is 0 Å². The molecular formula is C18H20N2O2S. The van der Waals surface area contributed by atoms with Gasteiger partial charge in [0, 0.05) is 11.4 Å². The van der Waals surface area contributed by atoms with Crippen LogP contribution in [0.3, 0.4) is 0 Å². The van der Waals surface area contributed by atoms with Crippen molar-refractivity contribution < 1.29 is 9.59 Å². The van der Waals surface area contributed by atoms with Gasteiger partial charge in [-0.25, -0.2) is 0 Å². The van der Waals surface area contributed by atoms with Crippen molar-refractivity contribution in [1.29, 1.82) is 0 Å².